The molecule has 0 bridgehead atoms. The van der Waals surface area contributed by atoms with Gasteiger partial charge < -0.3 is 9.84 Å². The number of hydrogen-bond donors (Lipinski definition) is 1. The van der Waals surface area contributed by atoms with Crippen LogP contribution in [-0.2, 0) is 19.6 Å². The lowest BCUT2D eigenvalue weighted by atomic mass is 10.2. The van der Waals surface area contributed by atoms with Gasteiger partial charge in [0, 0.05) is 12.6 Å². The molecule has 102 valence electrons. The van der Waals surface area contributed by atoms with Crippen molar-refractivity contribution >= 4 is 16.0 Å². The van der Waals surface area contributed by atoms with Crippen LogP contribution in [0.15, 0.2) is 0 Å². The summed E-state index contributed by atoms with van der Waals surface area (Å²) in [5.74, 6) is -1.47. The van der Waals surface area contributed by atoms with Crippen LogP contribution in [0.1, 0.15) is 26.7 Å². The Kier molecular flexibility index (Phi) is 7.33. The molecule has 0 aliphatic heterocycles. The van der Waals surface area contributed by atoms with Gasteiger partial charge in [-0.1, -0.05) is 13.8 Å². The van der Waals surface area contributed by atoms with E-state index in [9.17, 15) is 13.2 Å². The van der Waals surface area contributed by atoms with E-state index in [0.29, 0.717) is 12.8 Å². The molecule has 0 rings (SSSR count). The predicted octanol–water partition coefficient (Wildman–Crippen LogP) is -0.0279. The summed E-state index contributed by atoms with van der Waals surface area (Å²) in [6.45, 7) is 3.47. The quantitative estimate of drug-likeness (QED) is 0.624. The van der Waals surface area contributed by atoms with Crippen LogP contribution in [0.2, 0.25) is 0 Å². The predicted molar refractivity (Wildman–Crippen MR) is 64.0 cm³/mol. The number of aliphatic hydroxyl groups is 1. The van der Waals surface area contributed by atoms with Crippen molar-refractivity contribution in [3.8, 4) is 0 Å². The SMILES string of the molecule is CCC(CC)N(CCO)S(=O)(=O)CC(=O)OC. The average molecular weight is 267 g/mol. The fourth-order valence-corrected chi connectivity index (χ4v) is 3.33. The molecule has 6 nitrogen and oxygen atoms in total. The van der Waals surface area contributed by atoms with Crippen LogP contribution < -0.4 is 0 Å². The van der Waals surface area contributed by atoms with Gasteiger partial charge in [-0.05, 0) is 12.8 Å². The first-order valence-electron chi connectivity index (χ1n) is 5.60. The molecule has 0 fully saturated rings. The first-order chi connectivity index (χ1) is 7.92. The van der Waals surface area contributed by atoms with Crippen LogP contribution in [0.5, 0.6) is 0 Å². The average Bonchev–Trinajstić information content (AvgIpc) is 2.28. The number of hydrogen-bond acceptors (Lipinski definition) is 5. The summed E-state index contributed by atoms with van der Waals surface area (Å²) in [6, 6.07) is -0.197. The first kappa shape index (κ1) is 16.3. The monoisotopic (exact) mass is 267 g/mol. The number of nitrogens with zero attached hydrogens (tertiary/aromatic N) is 1. The van der Waals surface area contributed by atoms with Crippen LogP contribution >= 0.6 is 0 Å². The Hall–Kier alpha value is -0.660. The molecule has 0 aromatic carbocycles. The summed E-state index contributed by atoms with van der Waals surface area (Å²) in [5.41, 5.74) is 0. The Morgan fingerprint density at radius 3 is 2.24 bits per heavy atom. The van der Waals surface area contributed by atoms with Crippen molar-refractivity contribution in [1.29, 1.82) is 0 Å². The van der Waals surface area contributed by atoms with E-state index in [2.05, 4.69) is 4.74 Å². The topological polar surface area (TPSA) is 83.9 Å². The lowest BCUT2D eigenvalue weighted by molar-refractivity contribution is -0.137. The van der Waals surface area contributed by atoms with E-state index >= 15 is 0 Å². The van der Waals surface area contributed by atoms with Crippen molar-refractivity contribution < 1.29 is 23.1 Å². The number of ether oxygens (including phenoxy) is 1. The van der Waals surface area contributed by atoms with Crippen LogP contribution in [-0.4, -0.2) is 55.9 Å². The highest BCUT2D eigenvalue weighted by molar-refractivity contribution is 7.89. The van der Waals surface area contributed by atoms with E-state index in [-0.39, 0.29) is 19.2 Å². The van der Waals surface area contributed by atoms with Crippen molar-refractivity contribution in [2.45, 2.75) is 32.7 Å². The van der Waals surface area contributed by atoms with Crippen molar-refractivity contribution in [2.24, 2.45) is 0 Å². The fourth-order valence-electron chi connectivity index (χ4n) is 1.63. The number of carbonyl (C=O) groups is 1. The third kappa shape index (κ3) is 5.01. The number of methoxy groups -OCH3 is 1. The molecule has 0 saturated carbocycles. The number of aliphatic hydroxyl groups excluding tert-OH is 1. The molecule has 0 spiro atoms. The molecule has 0 aromatic heterocycles. The molecular weight excluding hydrogens is 246 g/mol. The highest BCUT2D eigenvalue weighted by atomic mass is 32.2. The van der Waals surface area contributed by atoms with Gasteiger partial charge in [-0.3, -0.25) is 4.79 Å². The summed E-state index contributed by atoms with van der Waals surface area (Å²) >= 11 is 0. The molecular formula is C10H21NO5S. The highest BCUT2D eigenvalue weighted by Crippen LogP contribution is 2.14. The Morgan fingerprint density at radius 2 is 1.88 bits per heavy atom. The van der Waals surface area contributed by atoms with E-state index in [1.165, 1.54) is 4.31 Å². The molecule has 17 heavy (non-hydrogen) atoms. The summed E-state index contributed by atoms with van der Waals surface area (Å²) < 4.78 is 29.5. The maximum Gasteiger partial charge on any atom is 0.322 e. The third-order valence-electron chi connectivity index (χ3n) is 2.56. The molecule has 7 heteroatoms. The van der Waals surface area contributed by atoms with Crippen LogP contribution in [0.3, 0.4) is 0 Å². The molecule has 0 aromatic rings. The lowest BCUT2D eigenvalue weighted by Crippen LogP contribution is -2.44. The van der Waals surface area contributed by atoms with Gasteiger partial charge in [0.05, 0.1) is 13.7 Å². The van der Waals surface area contributed by atoms with Gasteiger partial charge in [0.1, 0.15) is 0 Å². The zero-order valence-corrected chi connectivity index (χ0v) is 11.4. The molecule has 0 heterocycles. The minimum atomic E-state index is -3.72. The zero-order valence-electron chi connectivity index (χ0n) is 10.5. The van der Waals surface area contributed by atoms with Crippen LogP contribution in [0, 0.1) is 0 Å². The number of esters is 1. The van der Waals surface area contributed by atoms with Crippen molar-refractivity contribution in [3.63, 3.8) is 0 Å². The Bertz CT molecular complexity index is 324. The second kappa shape index (κ2) is 7.62. The van der Waals surface area contributed by atoms with Gasteiger partial charge in [0.25, 0.3) is 0 Å². The van der Waals surface area contributed by atoms with Gasteiger partial charge in [-0.15, -0.1) is 0 Å². The van der Waals surface area contributed by atoms with Crippen molar-refractivity contribution in [1.82, 2.24) is 4.31 Å². The Morgan fingerprint density at radius 1 is 1.35 bits per heavy atom. The molecule has 0 saturated heterocycles. The van der Waals surface area contributed by atoms with Gasteiger partial charge >= 0.3 is 5.97 Å². The van der Waals surface area contributed by atoms with E-state index < -0.39 is 21.7 Å². The van der Waals surface area contributed by atoms with E-state index in [4.69, 9.17) is 5.11 Å². The Labute approximate surface area is 103 Å². The number of carbonyl (C=O) groups excluding carboxylic acids is 1. The molecule has 0 aliphatic rings. The highest BCUT2D eigenvalue weighted by Gasteiger charge is 2.29. The molecule has 0 atom stereocenters. The standard InChI is InChI=1S/C10H21NO5S/c1-4-9(5-2)11(6-7-12)17(14,15)8-10(13)16-3/h9,12H,4-8H2,1-3H3. The summed E-state index contributed by atoms with van der Waals surface area (Å²) in [7, 11) is -2.58. The molecule has 0 aliphatic carbocycles. The van der Waals surface area contributed by atoms with E-state index in [0.717, 1.165) is 7.11 Å². The number of rotatable bonds is 8. The second-order valence-corrected chi connectivity index (χ2v) is 5.56. The van der Waals surface area contributed by atoms with Gasteiger partial charge in [0.2, 0.25) is 10.0 Å². The van der Waals surface area contributed by atoms with E-state index in [1.54, 1.807) is 0 Å². The van der Waals surface area contributed by atoms with Gasteiger partial charge in [0.15, 0.2) is 5.75 Å². The smallest absolute Gasteiger partial charge is 0.322 e. The molecule has 0 unspecified atom stereocenters. The first-order valence-corrected chi connectivity index (χ1v) is 7.21. The molecule has 1 N–H and O–H groups in total. The maximum atomic E-state index is 12.0. The fraction of sp³-hybridized carbons (Fsp3) is 0.900. The number of sulfonamides is 1. The maximum absolute atomic E-state index is 12.0. The van der Waals surface area contributed by atoms with Crippen LogP contribution in [0.4, 0.5) is 0 Å². The zero-order chi connectivity index (χ0) is 13.5. The summed E-state index contributed by atoms with van der Waals surface area (Å²) in [4.78, 5) is 11.0. The second-order valence-electron chi connectivity index (χ2n) is 3.64. The van der Waals surface area contributed by atoms with E-state index in [1.807, 2.05) is 13.8 Å². The summed E-state index contributed by atoms with van der Waals surface area (Å²) in [5, 5.41) is 8.91. The van der Waals surface area contributed by atoms with Crippen LogP contribution in [0.25, 0.3) is 0 Å². The summed E-state index contributed by atoms with van der Waals surface area (Å²) in [6.07, 6.45) is 1.27. The minimum Gasteiger partial charge on any atom is -0.468 e. The lowest BCUT2D eigenvalue weighted by Gasteiger charge is -2.28. The normalized spacial score (nSPS) is 12.1. The largest absolute Gasteiger partial charge is 0.468 e. The minimum absolute atomic E-state index is 0.00563. The van der Waals surface area contributed by atoms with Crippen molar-refractivity contribution in [3.05, 3.63) is 0 Å². The van der Waals surface area contributed by atoms with Gasteiger partial charge in [-0.25, -0.2) is 8.42 Å². The molecule has 0 radical (unpaired) electrons. The Balaban J connectivity index is 4.96. The van der Waals surface area contributed by atoms with Gasteiger partial charge in [-0.2, -0.15) is 4.31 Å². The molecule has 0 amide bonds. The third-order valence-corrected chi connectivity index (χ3v) is 4.35. The van der Waals surface area contributed by atoms with Crippen molar-refractivity contribution in [2.75, 3.05) is 26.0 Å².